The molecule has 1 aromatic carbocycles. The van der Waals surface area contributed by atoms with Gasteiger partial charge in [-0.1, -0.05) is 12.1 Å². The van der Waals surface area contributed by atoms with E-state index in [4.69, 9.17) is 0 Å². The molecule has 2 atom stereocenters. The van der Waals surface area contributed by atoms with Gasteiger partial charge in [-0.3, -0.25) is 0 Å². The van der Waals surface area contributed by atoms with E-state index in [0.29, 0.717) is 18.6 Å². The van der Waals surface area contributed by atoms with Crippen LogP contribution in [0, 0.1) is 5.92 Å². The average molecular weight is 248 g/mol. The Bertz CT molecular complexity index is 363. The number of anilines is 1. The van der Waals surface area contributed by atoms with E-state index < -0.39 is 0 Å². The monoisotopic (exact) mass is 248 g/mol. The maximum absolute atomic E-state index is 9.27. The van der Waals surface area contributed by atoms with E-state index in [1.807, 2.05) is 7.05 Å². The SMILES string of the molecule is CNC(C)c1ccc(N2CCCC(CO)C2)cc1. The zero-order valence-electron chi connectivity index (χ0n) is 11.4. The smallest absolute Gasteiger partial charge is 0.0476 e. The quantitative estimate of drug-likeness (QED) is 0.857. The van der Waals surface area contributed by atoms with Crippen molar-refractivity contribution >= 4 is 5.69 Å². The van der Waals surface area contributed by atoms with E-state index >= 15 is 0 Å². The normalized spacial score (nSPS) is 21.9. The summed E-state index contributed by atoms with van der Waals surface area (Å²) in [6.45, 7) is 4.57. The summed E-state index contributed by atoms with van der Waals surface area (Å²) < 4.78 is 0. The summed E-state index contributed by atoms with van der Waals surface area (Å²) in [6.07, 6.45) is 2.34. The van der Waals surface area contributed by atoms with Gasteiger partial charge in [-0.05, 0) is 50.4 Å². The van der Waals surface area contributed by atoms with Crippen LogP contribution in [0.25, 0.3) is 0 Å². The summed E-state index contributed by atoms with van der Waals surface area (Å²) in [5, 5.41) is 12.5. The van der Waals surface area contributed by atoms with Crippen LogP contribution in [-0.4, -0.2) is 31.9 Å². The molecule has 1 saturated heterocycles. The van der Waals surface area contributed by atoms with Crippen molar-refractivity contribution in [3.63, 3.8) is 0 Å². The number of rotatable bonds is 4. The number of nitrogens with zero attached hydrogens (tertiary/aromatic N) is 1. The van der Waals surface area contributed by atoms with Crippen LogP contribution in [0.5, 0.6) is 0 Å². The summed E-state index contributed by atoms with van der Waals surface area (Å²) in [7, 11) is 1.98. The molecule has 0 amide bonds. The molecule has 1 aliphatic heterocycles. The Labute approximate surface area is 110 Å². The van der Waals surface area contributed by atoms with Crippen LogP contribution in [0.3, 0.4) is 0 Å². The molecule has 2 N–H and O–H groups in total. The molecule has 3 heteroatoms. The predicted octanol–water partition coefficient (Wildman–Crippen LogP) is 2.18. The molecular weight excluding hydrogens is 224 g/mol. The van der Waals surface area contributed by atoms with Gasteiger partial charge in [0.1, 0.15) is 0 Å². The van der Waals surface area contributed by atoms with Crippen molar-refractivity contribution in [1.29, 1.82) is 0 Å². The van der Waals surface area contributed by atoms with Crippen LogP contribution < -0.4 is 10.2 Å². The van der Waals surface area contributed by atoms with Crippen molar-refractivity contribution in [2.24, 2.45) is 5.92 Å². The first kappa shape index (κ1) is 13.4. The third-order valence-corrected chi connectivity index (χ3v) is 3.97. The molecule has 0 aliphatic carbocycles. The molecule has 0 bridgehead atoms. The van der Waals surface area contributed by atoms with Gasteiger partial charge in [0.05, 0.1) is 0 Å². The van der Waals surface area contributed by atoms with Crippen LogP contribution in [0.15, 0.2) is 24.3 Å². The van der Waals surface area contributed by atoms with Gasteiger partial charge in [0.15, 0.2) is 0 Å². The number of hydrogen-bond donors (Lipinski definition) is 2. The lowest BCUT2D eigenvalue weighted by molar-refractivity contribution is 0.209. The molecule has 2 unspecified atom stereocenters. The first-order chi connectivity index (χ1) is 8.74. The molecule has 0 spiro atoms. The van der Waals surface area contributed by atoms with Gasteiger partial charge in [0.25, 0.3) is 0 Å². The maximum Gasteiger partial charge on any atom is 0.0476 e. The third-order valence-electron chi connectivity index (χ3n) is 3.97. The number of aliphatic hydroxyl groups excluding tert-OH is 1. The molecule has 1 aromatic rings. The Morgan fingerprint density at radius 3 is 2.72 bits per heavy atom. The second-order valence-electron chi connectivity index (χ2n) is 5.24. The summed E-state index contributed by atoms with van der Waals surface area (Å²) in [6, 6.07) is 9.18. The van der Waals surface area contributed by atoms with Crippen LogP contribution in [0.4, 0.5) is 5.69 Å². The standard InChI is InChI=1S/C15H24N2O/c1-12(16-2)14-5-7-15(8-6-14)17-9-3-4-13(10-17)11-18/h5-8,12-13,16,18H,3-4,9-11H2,1-2H3. The highest BCUT2D eigenvalue weighted by molar-refractivity contribution is 5.48. The molecule has 1 fully saturated rings. The molecule has 1 aliphatic rings. The number of nitrogens with one attached hydrogen (secondary N) is 1. The zero-order valence-corrected chi connectivity index (χ0v) is 11.4. The Morgan fingerprint density at radius 1 is 1.39 bits per heavy atom. The van der Waals surface area contributed by atoms with Crippen molar-refractivity contribution in [3.8, 4) is 0 Å². The summed E-state index contributed by atoms with van der Waals surface area (Å²) >= 11 is 0. The molecule has 0 radical (unpaired) electrons. The number of piperidine rings is 1. The van der Waals surface area contributed by atoms with E-state index in [1.165, 1.54) is 17.7 Å². The zero-order chi connectivity index (χ0) is 13.0. The van der Waals surface area contributed by atoms with Gasteiger partial charge >= 0.3 is 0 Å². The van der Waals surface area contributed by atoms with Gasteiger partial charge < -0.3 is 15.3 Å². The number of benzene rings is 1. The van der Waals surface area contributed by atoms with Gasteiger partial charge in [-0.15, -0.1) is 0 Å². The highest BCUT2D eigenvalue weighted by Crippen LogP contribution is 2.24. The lowest BCUT2D eigenvalue weighted by Gasteiger charge is -2.33. The Morgan fingerprint density at radius 2 is 2.11 bits per heavy atom. The van der Waals surface area contributed by atoms with Gasteiger partial charge in [0.2, 0.25) is 0 Å². The van der Waals surface area contributed by atoms with E-state index in [-0.39, 0.29) is 0 Å². The summed E-state index contributed by atoms with van der Waals surface area (Å²) in [5.41, 5.74) is 2.59. The fourth-order valence-electron chi connectivity index (χ4n) is 2.59. The minimum absolute atomic E-state index is 0.311. The Balaban J connectivity index is 2.04. The molecule has 2 rings (SSSR count). The number of hydrogen-bond acceptors (Lipinski definition) is 3. The highest BCUT2D eigenvalue weighted by atomic mass is 16.3. The minimum Gasteiger partial charge on any atom is -0.396 e. The van der Waals surface area contributed by atoms with E-state index in [1.54, 1.807) is 0 Å². The molecular formula is C15H24N2O. The van der Waals surface area contributed by atoms with Crippen molar-refractivity contribution in [2.45, 2.75) is 25.8 Å². The first-order valence-corrected chi connectivity index (χ1v) is 6.87. The fraction of sp³-hybridized carbons (Fsp3) is 0.600. The van der Waals surface area contributed by atoms with E-state index in [0.717, 1.165) is 19.5 Å². The Hall–Kier alpha value is -1.06. The number of aliphatic hydroxyl groups is 1. The Kier molecular flexibility index (Phi) is 4.61. The van der Waals surface area contributed by atoms with Gasteiger partial charge in [-0.25, -0.2) is 0 Å². The molecule has 1 heterocycles. The predicted molar refractivity (Wildman–Crippen MR) is 75.9 cm³/mol. The van der Waals surface area contributed by atoms with Gasteiger partial charge in [-0.2, -0.15) is 0 Å². The lowest BCUT2D eigenvalue weighted by Crippen LogP contribution is -2.36. The van der Waals surface area contributed by atoms with E-state index in [9.17, 15) is 5.11 Å². The molecule has 18 heavy (non-hydrogen) atoms. The topological polar surface area (TPSA) is 35.5 Å². The first-order valence-electron chi connectivity index (χ1n) is 6.87. The highest BCUT2D eigenvalue weighted by Gasteiger charge is 2.19. The van der Waals surface area contributed by atoms with Crippen LogP contribution in [0.1, 0.15) is 31.4 Å². The molecule has 3 nitrogen and oxygen atoms in total. The van der Waals surface area contributed by atoms with Crippen molar-refractivity contribution < 1.29 is 5.11 Å². The maximum atomic E-state index is 9.27. The van der Waals surface area contributed by atoms with Crippen LogP contribution >= 0.6 is 0 Å². The lowest BCUT2D eigenvalue weighted by atomic mass is 9.98. The molecule has 100 valence electrons. The summed E-state index contributed by atoms with van der Waals surface area (Å²) in [5.74, 6) is 0.439. The fourth-order valence-corrected chi connectivity index (χ4v) is 2.59. The average Bonchev–Trinajstić information content (AvgIpc) is 2.46. The molecule has 0 aromatic heterocycles. The third kappa shape index (κ3) is 3.03. The second-order valence-corrected chi connectivity index (χ2v) is 5.24. The van der Waals surface area contributed by atoms with Crippen molar-refractivity contribution in [1.82, 2.24) is 5.32 Å². The van der Waals surface area contributed by atoms with E-state index in [2.05, 4.69) is 41.4 Å². The van der Waals surface area contributed by atoms with Crippen LogP contribution in [-0.2, 0) is 0 Å². The molecule has 0 saturated carbocycles. The van der Waals surface area contributed by atoms with Crippen LogP contribution in [0.2, 0.25) is 0 Å². The largest absolute Gasteiger partial charge is 0.396 e. The minimum atomic E-state index is 0.311. The second kappa shape index (κ2) is 6.21. The van der Waals surface area contributed by atoms with Crippen molar-refractivity contribution in [2.75, 3.05) is 31.6 Å². The van der Waals surface area contributed by atoms with Crippen molar-refractivity contribution in [3.05, 3.63) is 29.8 Å². The van der Waals surface area contributed by atoms with Gasteiger partial charge in [0, 0.05) is 31.4 Å². The summed E-state index contributed by atoms with van der Waals surface area (Å²) in [4.78, 5) is 2.39.